The number of hydrogen-bond acceptors (Lipinski definition) is 3. The number of amides is 1. The van der Waals surface area contributed by atoms with Gasteiger partial charge in [0.1, 0.15) is 11.8 Å². The number of benzene rings is 1. The lowest BCUT2D eigenvalue weighted by Gasteiger charge is -2.11. The molecule has 0 bridgehead atoms. The summed E-state index contributed by atoms with van der Waals surface area (Å²) in [6.07, 6.45) is 3.34. The average molecular weight is 230 g/mol. The molecule has 1 saturated carbocycles. The molecule has 1 heterocycles. The fourth-order valence-corrected chi connectivity index (χ4v) is 2.00. The van der Waals surface area contributed by atoms with Crippen LogP contribution in [0.2, 0.25) is 0 Å². The number of anilines is 1. The molecule has 4 nitrogen and oxygen atoms in total. The zero-order chi connectivity index (χ0) is 11.9. The molecule has 0 unspecified atom stereocenters. The molecular weight excluding hydrogens is 216 g/mol. The Morgan fingerprint density at radius 2 is 2.18 bits per heavy atom. The topological polar surface area (TPSA) is 68.3 Å². The first kappa shape index (κ1) is 10.4. The highest BCUT2D eigenvalue weighted by molar-refractivity contribution is 6.03. The number of hydrogen-bond donors (Lipinski definition) is 2. The van der Waals surface area contributed by atoms with E-state index in [1.54, 1.807) is 6.26 Å². The molecule has 1 aliphatic rings. The molecule has 3 rings (SSSR count). The normalized spacial score (nSPS) is 17.0. The van der Waals surface area contributed by atoms with Gasteiger partial charge in [-0.2, -0.15) is 0 Å². The Balaban J connectivity index is 1.88. The molecule has 0 spiro atoms. The molecule has 0 radical (unpaired) electrons. The highest BCUT2D eigenvalue weighted by Gasteiger charge is 2.48. The smallest absolute Gasteiger partial charge is 0.231 e. The number of carbonyl (C=O) groups is 1. The Morgan fingerprint density at radius 1 is 1.41 bits per heavy atom. The Hall–Kier alpha value is -1.81. The Morgan fingerprint density at radius 3 is 2.88 bits per heavy atom. The zero-order valence-corrected chi connectivity index (χ0v) is 9.40. The van der Waals surface area contributed by atoms with Crippen LogP contribution in [0.4, 0.5) is 5.69 Å². The molecule has 1 aromatic heterocycles. The molecular formula is C13H14N2O2. The van der Waals surface area contributed by atoms with Gasteiger partial charge in [0.15, 0.2) is 0 Å². The van der Waals surface area contributed by atoms with Gasteiger partial charge in [0.25, 0.3) is 0 Å². The van der Waals surface area contributed by atoms with Crippen molar-refractivity contribution in [2.45, 2.75) is 12.8 Å². The minimum absolute atomic E-state index is 0.00607. The van der Waals surface area contributed by atoms with Gasteiger partial charge in [-0.3, -0.25) is 4.79 Å². The number of furan rings is 1. The van der Waals surface area contributed by atoms with Crippen LogP contribution in [0.25, 0.3) is 11.0 Å². The molecule has 0 saturated heterocycles. The van der Waals surface area contributed by atoms with Gasteiger partial charge in [-0.25, -0.2) is 0 Å². The molecule has 1 fully saturated rings. The summed E-state index contributed by atoms with van der Waals surface area (Å²) in [5.41, 5.74) is 6.80. The summed E-state index contributed by atoms with van der Waals surface area (Å²) in [6, 6.07) is 7.63. The summed E-state index contributed by atoms with van der Waals surface area (Å²) in [6.45, 7) is 0.411. The summed E-state index contributed by atoms with van der Waals surface area (Å²) in [4.78, 5) is 12.0. The highest BCUT2D eigenvalue weighted by Crippen LogP contribution is 2.45. The SMILES string of the molecule is NCC1(C(=O)Nc2coc3ccccc23)CC1. The van der Waals surface area contributed by atoms with Crippen LogP contribution in [0, 0.1) is 5.41 Å². The molecule has 1 aromatic carbocycles. The van der Waals surface area contributed by atoms with Crippen molar-refractivity contribution in [2.75, 3.05) is 11.9 Å². The Bertz CT molecular complexity index is 570. The summed E-state index contributed by atoms with van der Waals surface area (Å²) < 4.78 is 5.37. The average Bonchev–Trinajstić information content (AvgIpc) is 3.07. The third kappa shape index (κ3) is 1.61. The minimum atomic E-state index is -0.335. The molecule has 88 valence electrons. The molecule has 0 aliphatic heterocycles. The van der Waals surface area contributed by atoms with Crippen molar-refractivity contribution in [3.8, 4) is 0 Å². The van der Waals surface area contributed by atoms with Crippen LogP contribution in [0.15, 0.2) is 34.9 Å². The number of nitrogens with two attached hydrogens (primary N) is 1. The number of rotatable bonds is 3. The quantitative estimate of drug-likeness (QED) is 0.848. The summed E-state index contributed by atoms with van der Waals surface area (Å²) >= 11 is 0. The van der Waals surface area contributed by atoms with Gasteiger partial charge in [-0.1, -0.05) is 12.1 Å². The lowest BCUT2D eigenvalue weighted by atomic mass is 10.1. The standard InChI is InChI=1S/C13H14N2O2/c14-8-13(5-6-13)12(16)15-10-7-17-11-4-2-1-3-9(10)11/h1-4,7H,5-6,8,14H2,(H,15,16). The van der Waals surface area contributed by atoms with Crippen LogP contribution < -0.4 is 11.1 Å². The second-order valence-corrected chi connectivity index (χ2v) is 4.58. The summed E-state index contributed by atoms with van der Waals surface area (Å²) in [5, 5.41) is 3.83. The van der Waals surface area contributed by atoms with Crippen LogP contribution in [0.3, 0.4) is 0 Å². The fraction of sp³-hybridized carbons (Fsp3) is 0.308. The van der Waals surface area contributed by atoms with Gasteiger partial charge in [-0.15, -0.1) is 0 Å². The molecule has 3 N–H and O–H groups in total. The maximum absolute atomic E-state index is 12.0. The summed E-state index contributed by atoms with van der Waals surface area (Å²) in [7, 11) is 0. The largest absolute Gasteiger partial charge is 0.462 e. The van der Waals surface area contributed by atoms with Crippen LogP contribution in [-0.2, 0) is 4.79 Å². The first-order valence-electron chi connectivity index (χ1n) is 5.73. The van der Waals surface area contributed by atoms with E-state index in [2.05, 4.69) is 5.32 Å². The van der Waals surface area contributed by atoms with Crippen molar-refractivity contribution in [3.63, 3.8) is 0 Å². The lowest BCUT2D eigenvalue weighted by molar-refractivity contribution is -0.120. The predicted octanol–water partition coefficient (Wildman–Crippen LogP) is 2.11. The van der Waals surface area contributed by atoms with E-state index in [9.17, 15) is 4.79 Å². The molecule has 1 aliphatic carbocycles. The van der Waals surface area contributed by atoms with E-state index in [0.29, 0.717) is 6.54 Å². The van der Waals surface area contributed by atoms with Gasteiger partial charge < -0.3 is 15.5 Å². The van der Waals surface area contributed by atoms with E-state index in [-0.39, 0.29) is 11.3 Å². The van der Waals surface area contributed by atoms with Crippen molar-refractivity contribution in [3.05, 3.63) is 30.5 Å². The maximum atomic E-state index is 12.0. The van der Waals surface area contributed by atoms with E-state index in [1.165, 1.54) is 0 Å². The first-order valence-corrected chi connectivity index (χ1v) is 5.73. The van der Waals surface area contributed by atoms with Crippen LogP contribution >= 0.6 is 0 Å². The van der Waals surface area contributed by atoms with Gasteiger partial charge in [0.2, 0.25) is 5.91 Å². The van der Waals surface area contributed by atoms with E-state index >= 15 is 0 Å². The van der Waals surface area contributed by atoms with Crippen LogP contribution in [-0.4, -0.2) is 12.5 Å². The zero-order valence-electron chi connectivity index (χ0n) is 9.40. The highest BCUT2D eigenvalue weighted by atomic mass is 16.3. The predicted molar refractivity (Wildman–Crippen MR) is 65.6 cm³/mol. The van der Waals surface area contributed by atoms with Crippen molar-refractivity contribution in [1.29, 1.82) is 0 Å². The molecule has 4 heteroatoms. The minimum Gasteiger partial charge on any atom is -0.462 e. The van der Waals surface area contributed by atoms with Crippen molar-refractivity contribution < 1.29 is 9.21 Å². The second-order valence-electron chi connectivity index (χ2n) is 4.58. The van der Waals surface area contributed by atoms with Gasteiger partial charge in [0.05, 0.1) is 11.1 Å². The Kier molecular flexibility index (Phi) is 2.19. The van der Waals surface area contributed by atoms with E-state index in [1.807, 2.05) is 24.3 Å². The Labute approximate surface area is 98.8 Å². The van der Waals surface area contributed by atoms with Gasteiger partial charge in [0, 0.05) is 11.9 Å². The maximum Gasteiger partial charge on any atom is 0.231 e. The number of fused-ring (bicyclic) bond motifs is 1. The third-order valence-electron chi connectivity index (χ3n) is 3.46. The molecule has 1 amide bonds. The first-order chi connectivity index (χ1) is 8.25. The molecule has 0 atom stereocenters. The van der Waals surface area contributed by atoms with E-state index in [0.717, 1.165) is 29.5 Å². The third-order valence-corrected chi connectivity index (χ3v) is 3.46. The number of nitrogens with one attached hydrogen (secondary N) is 1. The van der Waals surface area contributed by atoms with Crippen molar-refractivity contribution in [2.24, 2.45) is 11.1 Å². The van der Waals surface area contributed by atoms with Crippen molar-refractivity contribution >= 4 is 22.6 Å². The van der Waals surface area contributed by atoms with Gasteiger partial charge >= 0.3 is 0 Å². The summed E-state index contributed by atoms with van der Waals surface area (Å²) in [5.74, 6) is 0.00607. The van der Waals surface area contributed by atoms with E-state index < -0.39 is 0 Å². The lowest BCUT2D eigenvalue weighted by Crippen LogP contribution is -2.30. The molecule has 2 aromatic rings. The van der Waals surface area contributed by atoms with Crippen LogP contribution in [0.5, 0.6) is 0 Å². The number of para-hydroxylation sites is 1. The van der Waals surface area contributed by atoms with E-state index in [4.69, 9.17) is 10.2 Å². The van der Waals surface area contributed by atoms with Crippen molar-refractivity contribution in [1.82, 2.24) is 0 Å². The number of carbonyl (C=O) groups excluding carboxylic acids is 1. The fourth-order valence-electron chi connectivity index (χ4n) is 2.00. The monoisotopic (exact) mass is 230 g/mol. The second kappa shape index (κ2) is 3.60. The molecule has 17 heavy (non-hydrogen) atoms. The van der Waals surface area contributed by atoms with Crippen LogP contribution in [0.1, 0.15) is 12.8 Å². The van der Waals surface area contributed by atoms with Gasteiger partial charge in [-0.05, 0) is 25.0 Å².